The van der Waals surface area contributed by atoms with Crippen molar-refractivity contribution in [1.29, 1.82) is 0 Å². The molecule has 1 aliphatic rings. The molecule has 2 N–H and O–H groups in total. The number of aryl methyl sites for hydroxylation is 1. The Morgan fingerprint density at radius 2 is 1.81 bits per heavy atom. The summed E-state index contributed by atoms with van der Waals surface area (Å²) in [6.45, 7) is 3.66. The molecule has 4 aromatic rings. The first-order chi connectivity index (χ1) is 19.6. The quantitative estimate of drug-likeness (QED) is 0.149. The molecule has 5 rings (SSSR count). The van der Waals surface area contributed by atoms with Gasteiger partial charge in [-0.1, -0.05) is 78.3 Å². The molecule has 0 amide bonds. The fourth-order valence-corrected chi connectivity index (χ4v) is 7.09. The van der Waals surface area contributed by atoms with Gasteiger partial charge in [0.05, 0.1) is 23.2 Å². The number of aromatic nitrogens is 1. The number of hydrogen-bond donors (Lipinski definition) is 2. The molecule has 0 aliphatic heterocycles. The van der Waals surface area contributed by atoms with Crippen molar-refractivity contribution < 1.29 is 15.0 Å². The Hall–Kier alpha value is -1.64. The standard InChI is InChI=1S/C35H36ClNO3S.Sr.2H/c1-34(2,40)30-9-4-3-7-25(30)13-17-32(41-23-35(18-19-35)22-33(38)39)27-8-5-6-24(20-27)10-15-29-16-12-26-11-14-28(36)21-31(26)37-29;;;/h3-12,14-16,20-21,32,40H,13,17-19,22-23H2,1-2H3,(H,38,39);;;/t32-;;;/m1.../s1. The number of aliphatic hydroxyl groups is 1. The third-order valence-electron chi connectivity index (χ3n) is 7.83. The van der Waals surface area contributed by atoms with Crippen molar-refractivity contribution in [1.82, 2.24) is 4.98 Å². The zero-order valence-corrected chi connectivity index (χ0v) is 25.1. The third kappa shape index (κ3) is 8.95. The number of halogens is 1. The molecule has 216 valence electrons. The van der Waals surface area contributed by atoms with Crippen LogP contribution in [0.15, 0.2) is 78.9 Å². The summed E-state index contributed by atoms with van der Waals surface area (Å²) in [5, 5.41) is 22.1. The molecule has 1 heterocycles. The van der Waals surface area contributed by atoms with Crippen LogP contribution in [0.2, 0.25) is 5.02 Å². The van der Waals surface area contributed by atoms with Crippen LogP contribution in [0.25, 0.3) is 23.1 Å². The second-order valence-electron chi connectivity index (χ2n) is 11.7. The summed E-state index contributed by atoms with van der Waals surface area (Å²) in [6.07, 6.45) is 8.02. The number of benzene rings is 3. The summed E-state index contributed by atoms with van der Waals surface area (Å²) in [5.74, 6) is 0.122. The van der Waals surface area contributed by atoms with E-state index in [-0.39, 0.29) is 62.6 Å². The topological polar surface area (TPSA) is 70.4 Å². The molecule has 0 spiro atoms. The molecule has 1 saturated carbocycles. The third-order valence-corrected chi connectivity index (χ3v) is 9.76. The number of hydrogen-bond acceptors (Lipinski definition) is 4. The van der Waals surface area contributed by atoms with E-state index >= 15 is 0 Å². The number of fused-ring (bicyclic) bond motifs is 1. The van der Waals surface area contributed by atoms with Gasteiger partial charge in [-0.25, -0.2) is 4.98 Å². The molecular formula is C35H38ClNO3SSr. The van der Waals surface area contributed by atoms with E-state index in [1.54, 1.807) is 0 Å². The molecule has 1 fully saturated rings. The van der Waals surface area contributed by atoms with Crippen LogP contribution >= 0.6 is 23.4 Å². The van der Waals surface area contributed by atoms with Gasteiger partial charge in [-0.3, -0.25) is 4.79 Å². The van der Waals surface area contributed by atoms with Gasteiger partial charge in [-0.05, 0) is 91.5 Å². The van der Waals surface area contributed by atoms with Crippen molar-refractivity contribution in [2.45, 2.75) is 56.8 Å². The Bertz CT molecular complexity index is 1580. The van der Waals surface area contributed by atoms with Crippen molar-refractivity contribution in [2.24, 2.45) is 5.41 Å². The molecule has 42 heavy (non-hydrogen) atoms. The normalized spacial score (nSPS) is 15.0. The van der Waals surface area contributed by atoms with Crippen LogP contribution in [0.1, 0.15) is 72.7 Å². The van der Waals surface area contributed by atoms with E-state index in [2.05, 4.69) is 42.5 Å². The molecule has 1 aromatic heterocycles. The van der Waals surface area contributed by atoms with Crippen LogP contribution in [0, 0.1) is 5.41 Å². The first-order valence-electron chi connectivity index (χ1n) is 14.1. The number of thioether (sulfide) groups is 1. The summed E-state index contributed by atoms with van der Waals surface area (Å²) >= 11 is 8.04. The van der Waals surface area contributed by atoms with Gasteiger partial charge in [0.25, 0.3) is 0 Å². The molecule has 1 aliphatic carbocycles. The molecule has 0 unspecified atom stereocenters. The number of carboxylic acid groups (broad SMARTS) is 1. The summed E-state index contributed by atoms with van der Waals surface area (Å²) in [7, 11) is 0. The molecule has 0 saturated heterocycles. The minimum absolute atomic E-state index is 0. The fourth-order valence-electron chi connectivity index (χ4n) is 5.36. The van der Waals surface area contributed by atoms with E-state index in [0.29, 0.717) is 5.02 Å². The maximum atomic E-state index is 11.5. The maximum absolute atomic E-state index is 11.5. The summed E-state index contributed by atoms with van der Waals surface area (Å²) < 4.78 is 0. The van der Waals surface area contributed by atoms with E-state index in [9.17, 15) is 15.0 Å². The van der Waals surface area contributed by atoms with Gasteiger partial charge < -0.3 is 10.2 Å². The van der Waals surface area contributed by atoms with E-state index in [4.69, 9.17) is 16.6 Å². The number of pyridine rings is 1. The van der Waals surface area contributed by atoms with Gasteiger partial charge in [0.15, 0.2) is 0 Å². The average Bonchev–Trinajstić information content (AvgIpc) is 3.70. The van der Waals surface area contributed by atoms with Crippen LogP contribution in [0.4, 0.5) is 0 Å². The predicted octanol–water partition coefficient (Wildman–Crippen LogP) is 8.03. The molecule has 4 nitrogen and oxygen atoms in total. The van der Waals surface area contributed by atoms with Crippen molar-refractivity contribution in [3.63, 3.8) is 0 Å². The van der Waals surface area contributed by atoms with Crippen LogP contribution in [0.5, 0.6) is 0 Å². The Morgan fingerprint density at radius 1 is 1.05 bits per heavy atom. The van der Waals surface area contributed by atoms with E-state index in [1.807, 2.05) is 74.1 Å². The van der Waals surface area contributed by atoms with Crippen molar-refractivity contribution in [3.8, 4) is 0 Å². The Morgan fingerprint density at radius 3 is 2.55 bits per heavy atom. The number of aliphatic carboxylic acids is 1. The van der Waals surface area contributed by atoms with Crippen molar-refractivity contribution in [3.05, 3.63) is 112 Å². The van der Waals surface area contributed by atoms with Crippen LogP contribution in [-0.4, -0.2) is 72.4 Å². The Kier molecular flexibility index (Phi) is 11.4. The molecule has 3 aromatic carbocycles. The number of rotatable bonds is 12. The second kappa shape index (κ2) is 14.4. The monoisotopic (exact) mass is 675 g/mol. The van der Waals surface area contributed by atoms with Crippen molar-refractivity contribution >= 4 is 97.9 Å². The van der Waals surface area contributed by atoms with Crippen LogP contribution in [-0.2, 0) is 16.8 Å². The van der Waals surface area contributed by atoms with Crippen LogP contribution in [0.3, 0.4) is 0 Å². The van der Waals surface area contributed by atoms with Crippen molar-refractivity contribution in [2.75, 3.05) is 5.75 Å². The summed E-state index contributed by atoms with van der Waals surface area (Å²) in [5.41, 5.74) is 5.15. The van der Waals surface area contributed by atoms with E-state index in [1.165, 1.54) is 5.56 Å². The van der Waals surface area contributed by atoms with Gasteiger partial charge in [-0.2, -0.15) is 11.8 Å². The van der Waals surface area contributed by atoms with Gasteiger partial charge in [-0.15, -0.1) is 0 Å². The zero-order valence-electron chi connectivity index (χ0n) is 23.5. The van der Waals surface area contributed by atoms with Gasteiger partial charge >= 0.3 is 51.5 Å². The molecule has 0 bridgehead atoms. The van der Waals surface area contributed by atoms with Crippen LogP contribution < -0.4 is 0 Å². The SMILES string of the molecule is CC(C)(O)c1ccccc1CC[C@@H](SCC1(CC(=O)O)CC1)c1cccc(C=Cc2ccc3ccc(Cl)cc3n2)c1.[SrH2]. The summed E-state index contributed by atoms with van der Waals surface area (Å²) in [4.78, 5) is 16.2. The first-order valence-corrected chi connectivity index (χ1v) is 15.5. The van der Waals surface area contributed by atoms with Gasteiger partial charge in [0.1, 0.15) is 0 Å². The molecule has 7 heteroatoms. The Balaban J connectivity index is 0.00000405. The average molecular weight is 676 g/mol. The number of carboxylic acids is 1. The zero-order chi connectivity index (χ0) is 29.0. The fraction of sp³-hybridized carbons (Fsp3) is 0.314. The molecular weight excluding hydrogens is 638 g/mol. The Labute approximate surface area is 294 Å². The number of nitrogens with zero attached hydrogens (tertiary/aromatic N) is 1. The predicted molar refractivity (Wildman–Crippen MR) is 180 cm³/mol. The minimum atomic E-state index is -0.911. The summed E-state index contributed by atoms with van der Waals surface area (Å²) in [6, 6.07) is 26.5. The molecule has 0 radical (unpaired) electrons. The number of carbonyl (C=O) groups is 1. The second-order valence-corrected chi connectivity index (χ2v) is 13.3. The first kappa shape index (κ1) is 33.3. The van der Waals surface area contributed by atoms with E-state index in [0.717, 1.165) is 64.7 Å². The van der Waals surface area contributed by atoms with Gasteiger partial charge in [0.2, 0.25) is 0 Å². The molecule has 1 atom stereocenters. The van der Waals surface area contributed by atoms with E-state index < -0.39 is 11.6 Å². The van der Waals surface area contributed by atoms with Gasteiger partial charge in [0, 0.05) is 21.4 Å².